The fourth-order valence-electron chi connectivity index (χ4n) is 3.19. The molecule has 1 aliphatic heterocycles. The lowest BCUT2D eigenvalue weighted by atomic mass is 10.2. The SMILES string of the molecule is Cn1cc(/C=C/C(=O)NCCS(=O)(=O)N2CCc3ccccc32)c(=O)n(C)c1=O. The summed E-state index contributed by atoms with van der Waals surface area (Å²) in [6, 6.07) is 7.35. The van der Waals surface area contributed by atoms with Crippen LogP contribution in [0.15, 0.2) is 46.1 Å². The Hall–Kier alpha value is -3.14. The Labute approximate surface area is 167 Å². The number of amides is 1. The molecule has 1 aliphatic rings. The van der Waals surface area contributed by atoms with E-state index in [1.165, 1.54) is 35.2 Å². The van der Waals surface area contributed by atoms with Crippen LogP contribution in [-0.2, 0) is 35.3 Å². The number of benzene rings is 1. The molecule has 154 valence electrons. The Morgan fingerprint density at radius 1 is 1.21 bits per heavy atom. The maximum atomic E-state index is 12.6. The average molecular weight is 418 g/mol. The van der Waals surface area contributed by atoms with Crippen molar-refractivity contribution < 1.29 is 13.2 Å². The topological polar surface area (TPSA) is 110 Å². The Balaban J connectivity index is 1.60. The molecule has 29 heavy (non-hydrogen) atoms. The van der Waals surface area contributed by atoms with E-state index in [4.69, 9.17) is 0 Å². The molecule has 0 atom stereocenters. The first kappa shape index (κ1) is 20.6. The van der Waals surface area contributed by atoms with E-state index in [1.807, 2.05) is 12.1 Å². The van der Waals surface area contributed by atoms with E-state index in [9.17, 15) is 22.8 Å². The van der Waals surface area contributed by atoms with Crippen molar-refractivity contribution in [2.24, 2.45) is 14.1 Å². The van der Waals surface area contributed by atoms with E-state index in [0.717, 1.165) is 16.2 Å². The minimum atomic E-state index is -3.56. The van der Waals surface area contributed by atoms with Crippen molar-refractivity contribution >= 4 is 27.7 Å². The summed E-state index contributed by atoms with van der Waals surface area (Å²) in [5, 5.41) is 2.51. The molecule has 1 aromatic carbocycles. The normalized spacial score (nSPS) is 13.7. The van der Waals surface area contributed by atoms with Gasteiger partial charge in [-0.05, 0) is 24.1 Å². The lowest BCUT2D eigenvalue weighted by molar-refractivity contribution is -0.116. The van der Waals surface area contributed by atoms with Crippen molar-refractivity contribution in [1.82, 2.24) is 14.5 Å². The van der Waals surface area contributed by atoms with Crippen molar-refractivity contribution in [2.45, 2.75) is 6.42 Å². The molecule has 10 heteroatoms. The molecule has 9 nitrogen and oxygen atoms in total. The monoisotopic (exact) mass is 418 g/mol. The van der Waals surface area contributed by atoms with Crippen LogP contribution in [0.1, 0.15) is 11.1 Å². The Morgan fingerprint density at radius 2 is 1.93 bits per heavy atom. The highest BCUT2D eigenvalue weighted by Gasteiger charge is 2.28. The molecule has 0 unspecified atom stereocenters. The molecule has 1 aromatic heterocycles. The standard InChI is InChI=1S/C19H22N4O5S/c1-21-13-15(18(25)22(2)19(21)26)7-8-17(24)20-10-12-29(27,28)23-11-9-14-5-3-4-6-16(14)23/h3-8,13H,9-12H2,1-2H3,(H,20,24)/b8-7+. The zero-order valence-electron chi connectivity index (χ0n) is 16.2. The van der Waals surface area contributed by atoms with Crippen molar-refractivity contribution in [3.63, 3.8) is 0 Å². The number of aryl methyl sites for hydroxylation is 1. The van der Waals surface area contributed by atoms with E-state index in [0.29, 0.717) is 18.7 Å². The summed E-state index contributed by atoms with van der Waals surface area (Å²) in [5.74, 6) is -0.763. The van der Waals surface area contributed by atoms with Crippen molar-refractivity contribution in [2.75, 3.05) is 23.1 Å². The lowest BCUT2D eigenvalue weighted by Crippen LogP contribution is -2.37. The average Bonchev–Trinajstić information content (AvgIpc) is 3.13. The van der Waals surface area contributed by atoms with Gasteiger partial charge in [0.25, 0.3) is 5.56 Å². The Bertz CT molecular complexity index is 1190. The number of para-hydroxylation sites is 1. The summed E-state index contributed by atoms with van der Waals surface area (Å²) in [7, 11) is -0.705. The molecule has 3 rings (SSSR count). The second kappa shape index (κ2) is 8.08. The van der Waals surface area contributed by atoms with Gasteiger partial charge in [0.2, 0.25) is 15.9 Å². The summed E-state index contributed by atoms with van der Waals surface area (Å²) in [4.78, 5) is 35.7. The first-order valence-corrected chi connectivity index (χ1v) is 10.6. The number of nitrogens with one attached hydrogen (secondary N) is 1. The number of rotatable bonds is 6. The predicted octanol–water partition coefficient (Wildman–Crippen LogP) is -0.394. The number of nitrogens with zero attached hydrogens (tertiary/aromatic N) is 3. The van der Waals surface area contributed by atoms with Gasteiger partial charge in [0.05, 0.1) is 17.0 Å². The minimum Gasteiger partial charge on any atom is -0.351 e. The number of carbonyl (C=O) groups excluding carboxylic acids is 1. The van der Waals surface area contributed by atoms with Gasteiger partial charge in [-0.1, -0.05) is 18.2 Å². The van der Waals surface area contributed by atoms with E-state index in [-0.39, 0.29) is 17.9 Å². The molecule has 0 saturated heterocycles. The second-order valence-corrected chi connectivity index (χ2v) is 8.75. The number of hydrogen-bond acceptors (Lipinski definition) is 5. The number of sulfonamides is 1. The summed E-state index contributed by atoms with van der Waals surface area (Å²) >= 11 is 0. The maximum absolute atomic E-state index is 12.6. The molecule has 0 radical (unpaired) electrons. The largest absolute Gasteiger partial charge is 0.351 e. The molecule has 1 amide bonds. The molecule has 2 aromatic rings. The summed E-state index contributed by atoms with van der Waals surface area (Å²) in [5.41, 5.74) is 0.856. The maximum Gasteiger partial charge on any atom is 0.330 e. The van der Waals surface area contributed by atoms with Crippen LogP contribution in [0.2, 0.25) is 0 Å². The molecule has 2 heterocycles. The third-order valence-corrected chi connectivity index (χ3v) is 6.50. The van der Waals surface area contributed by atoms with Gasteiger partial charge in [-0.2, -0.15) is 0 Å². The second-order valence-electron chi connectivity index (χ2n) is 6.73. The lowest BCUT2D eigenvalue weighted by Gasteiger charge is -2.19. The summed E-state index contributed by atoms with van der Waals surface area (Å²) in [6.07, 6.45) is 4.43. The molecule has 1 N–H and O–H groups in total. The smallest absolute Gasteiger partial charge is 0.330 e. The van der Waals surface area contributed by atoms with Gasteiger partial charge < -0.3 is 9.88 Å². The van der Waals surface area contributed by atoms with Gasteiger partial charge in [-0.25, -0.2) is 13.2 Å². The van der Waals surface area contributed by atoms with E-state index < -0.39 is 27.2 Å². The quantitative estimate of drug-likeness (QED) is 0.642. The van der Waals surface area contributed by atoms with Crippen LogP contribution in [0.25, 0.3) is 6.08 Å². The highest BCUT2D eigenvalue weighted by atomic mass is 32.2. The Kier molecular flexibility index (Phi) is 5.73. The number of anilines is 1. The molecule has 0 saturated carbocycles. The summed E-state index contributed by atoms with van der Waals surface area (Å²) in [6.45, 7) is 0.334. The number of hydrogen-bond donors (Lipinski definition) is 1. The van der Waals surface area contributed by atoms with Crippen LogP contribution in [0.5, 0.6) is 0 Å². The molecule has 0 fully saturated rings. The first-order chi connectivity index (χ1) is 13.7. The highest BCUT2D eigenvalue weighted by molar-refractivity contribution is 7.92. The molecular weight excluding hydrogens is 396 g/mol. The van der Waals surface area contributed by atoms with E-state index in [1.54, 1.807) is 12.1 Å². The van der Waals surface area contributed by atoms with Crippen LogP contribution in [0.3, 0.4) is 0 Å². The third-order valence-electron chi connectivity index (χ3n) is 4.73. The third kappa shape index (κ3) is 4.32. The molecule has 0 spiro atoms. The van der Waals surface area contributed by atoms with E-state index >= 15 is 0 Å². The van der Waals surface area contributed by atoms with Gasteiger partial charge in [0.1, 0.15) is 0 Å². The van der Waals surface area contributed by atoms with Crippen molar-refractivity contribution in [3.8, 4) is 0 Å². The molecule has 0 aliphatic carbocycles. The molecular formula is C19H22N4O5S. The van der Waals surface area contributed by atoms with Gasteiger partial charge in [-0.15, -0.1) is 0 Å². The summed E-state index contributed by atoms with van der Waals surface area (Å²) < 4.78 is 28.7. The molecule has 0 bridgehead atoms. The van der Waals surface area contributed by atoms with Crippen molar-refractivity contribution in [3.05, 3.63) is 68.5 Å². The van der Waals surface area contributed by atoms with Gasteiger partial charge >= 0.3 is 5.69 Å². The number of carbonyl (C=O) groups is 1. The van der Waals surface area contributed by atoms with Gasteiger partial charge in [-0.3, -0.25) is 18.5 Å². The van der Waals surface area contributed by atoms with E-state index in [2.05, 4.69) is 5.32 Å². The van der Waals surface area contributed by atoms with Gasteiger partial charge in [0.15, 0.2) is 0 Å². The van der Waals surface area contributed by atoms with Crippen LogP contribution < -0.4 is 20.9 Å². The van der Waals surface area contributed by atoms with Crippen LogP contribution in [-0.4, -0.2) is 42.3 Å². The first-order valence-electron chi connectivity index (χ1n) is 9.01. The van der Waals surface area contributed by atoms with Crippen molar-refractivity contribution in [1.29, 1.82) is 0 Å². The fraction of sp³-hybridized carbons (Fsp3) is 0.316. The predicted molar refractivity (Wildman–Crippen MR) is 110 cm³/mol. The van der Waals surface area contributed by atoms with Crippen LogP contribution in [0.4, 0.5) is 5.69 Å². The minimum absolute atomic E-state index is 0.0601. The Morgan fingerprint density at radius 3 is 2.69 bits per heavy atom. The highest BCUT2D eigenvalue weighted by Crippen LogP contribution is 2.29. The van der Waals surface area contributed by atoms with Gasteiger partial charge in [0, 0.05) is 39.5 Å². The number of fused-ring (bicyclic) bond motifs is 1. The number of aromatic nitrogens is 2. The van der Waals surface area contributed by atoms with Crippen LogP contribution in [0, 0.1) is 0 Å². The fourth-order valence-corrected chi connectivity index (χ4v) is 4.61. The van der Waals surface area contributed by atoms with Crippen LogP contribution >= 0.6 is 0 Å². The zero-order valence-corrected chi connectivity index (χ0v) is 17.0. The zero-order chi connectivity index (χ0) is 21.2.